The quantitative estimate of drug-likeness (QED) is 0.807. The number of amides is 2. The number of hydrogen-bond acceptors (Lipinski definition) is 4. The molecular formula is C18H24N4O2. The minimum Gasteiger partial charge on any atom is -0.383 e. The maximum absolute atomic E-state index is 12.6. The number of carbonyl (C=O) groups excluding carboxylic acids is 1. The molecule has 0 aliphatic rings. The lowest BCUT2D eigenvalue weighted by molar-refractivity contribution is 0.145. The summed E-state index contributed by atoms with van der Waals surface area (Å²) in [4.78, 5) is 22.5. The van der Waals surface area contributed by atoms with Crippen LogP contribution in [0.4, 0.5) is 4.79 Å². The van der Waals surface area contributed by atoms with Crippen molar-refractivity contribution in [2.24, 2.45) is 0 Å². The molecule has 1 atom stereocenters. The van der Waals surface area contributed by atoms with Gasteiger partial charge in [0.1, 0.15) is 0 Å². The largest absolute Gasteiger partial charge is 0.383 e. The third-order valence-corrected chi connectivity index (χ3v) is 3.58. The fraction of sp³-hybridized carbons (Fsp3) is 0.389. The van der Waals surface area contributed by atoms with Crippen molar-refractivity contribution in [1.82, 2.24) is 20.2 Å². The zero-order valence-electron chi connectivity index (χ0n) is 14.2. The van der Waals surface area contributed by atoms with Crippen molar-refractivity contribution in [3.05, 3.63) is 60.2 Å². The van der Waals surface area contributed by atoms with E-state index in [2.05, 4.69) is 15.3 Å². The van der Waals surface area contributed by atoms with Gasteiger partial charge in [-0.3, -0.25) is 9.97 Å². The number of ether oxygens (including phenoxy) is 1. The first-order valence-corrected chi connectivity index (χ1v) is 8.01. The topological polar surface area (TPSA) is 67.3 Å². The van der Waals surface area contributed by atoms with Crippen LogP contribution in [0, 0.1) is 0 Å². The minimum absolute atomic E-state index is 0.0145. The van der Waals surface area contributed by atoms with Crippen LogP contribution < -0.4 is 5.32 Å². The fourth-order valence-electron chi connectivity index (χ4n) is 2.39. The van der Waals surface area contributed by atoms with Crippen molar-refractivity contribution in [2.45, 2.75) is 25.9 Å². The monoisotopic (exact) mass is 328 g/mol. The molecule has 0 unspecified atom stereocenters. The van der Waals surface area contributed by atoms with E-state index in [1.165, 1.54) is 0 Å². The van der Waals surface area contributed by atoms with Gasteiger partial charge in [-0.1, -0.05) is 12.1 Å². The first-order valence-electron chi connectivity index (χ1n) is 8.01. The van der Waals surface area contributed by atoms with E-state index in [0.29, 0.717) is 19.7 Å². The van der Waals surface area contributed by atoms with E-state index in [1.54, 1.807) is 30.6 Å². The Morgan fingerprint density at radius 3 is 2.46 bits per heavy atom. The highest BCUT2D eigenvalue weighted by atomic mass is 16.5. The number of rotatable bonds is 8. The van der Waals surface area contributed by atoms with Crippen LogP contribution in [0.15, 0.2) is 49.1 Å². The lowest BCUT2D eigenvalue weighted by Gasteiger charge is -2.25. The number of nitrogens with zero attached hydrogens (tertiary/aromatic N) is 3. The maximum Gasteiger partial charge on any atom is 0.317 e. The molecule has 6 nitrogen and oxygen atoms in total. The summed E-state index contributed by atoms with van der Waals surface area (Å²) in [5.41, 5.74) is 2.09. The molecule has 2 heterocycles. The van der Waals surface area contributed by atoms with Crippen molar-refractivity contribution in [3.8, 4) is 0 Å². The second kappa shape index (κ2) is 9.62. The number of carbonyl (C=O) groups is 1. The predicted octanol–water partition coefficient (Wildman–Crippen LogP) is 2.27. The maximum atomic E-state index is 12.6. The van der Waals surface area contributed by atoms with Crippen LogP contribution in [-0.2, 0) is 17.7 Å². The van der Waals surface area contributed by atoms with Crippen LogP contribution in [0.3, 0.4) is 0 Å². The molecule has 0 bridgehead atoms. The van der Waals surface area contributed by atoms with E-state index in [-0.39, 0.29) is 12.1 Å². The number of urea groups is 1. The van der Waals surface area contributed by atoms with Gasteiger partial charge in [0.15, 0.2) is 0 Å². The molecule has 2 aromatic heterocycles. The van der Waals surface area contributed by atoms with Crippen LogP contribution in [0.5, 0.6) is 0 Å². The molecule has 0 aliphatic heterocycles. The van der Waals surface area contributed by atoms with Gasteiger partial charge in [-0.05, 0) is 36.6 Å². The Morgan fingerprint density at radius 1 is 1.21 bits per heavy atom. The number of hydrogen-bond donors (Lipinski definition) is 1. The average molecular weight is 328 g/mol. The van der Waals surface area contributed by atoms with Gasteiger partial charge in [-0.15, -0.1) is 0 Å². The Balaban J connectivity index is 1.93. The van der Waals surface area contributed by atoms with Crippen molar-refractivity contribution in [3.63, 3.8) is 0 Å². The Kier molecular flexibility index (Phi) is 7.17. The molecule has 1 N–H and O–H groups in total. The van der Waals surface area contributed by atoms with Crippen molar-refractivity contribution >= 4 is 6.03 Å². The summed E-state index contributed by atoms with van der Waals surface area (Å²) in [5, 5.41) is 3.04. The molecule has 6 heteroatoms. The zero-order valence-corrected chi connectivity index (χ0v) is 14.2. The van der Waals surface area contributed by atoms with Gasteiger partial charge >= 0.3 is 6.03 Å². The summed E-state index contributed by atoms with van der Waals surface area (Å²) in [6, 6.07) is 7.64. The van der Waals surface area contributed by atoms with Gasteiger partial charge in [-0.2, -0.15) is 0 Å². The summed E-state index contributed by atoms with van der Waals surface area (Å²) in [6.07, 6.45) is 7.80. The smallest absolute Gasteiger partial charge is 0.317 e. The van der Waals surface area contributed by atoms with Crippen molar-refractivity contribution < 1.29 is 9.53 Å². The normalized spacial score (nSPS) is 11.8. The van der Waals surface area contributed by atoms with Crippen molar-refractivity contribution in [1.29, 1.82) is 0 Å². The summed E-state index contributed by atoms with van der Waals surface area (Å²) >= 11 is 0. The molecule has 0 saturated heterocycles. The lowest BCUT2D eigenvalue weighted by Crippen LogP contribution is -2.45. The lowest BCUT2D eigenvalue weighted by atomic mass is 10.1. The Hall–Kier alpha value is -2.47. The SMILES string of the molecule is COCCN(Cc1cccnc1)C(=O)N[C@H](C)Cc1cccnc1. The molecule has 2 rings (SSSR count). The van der Waals surface area contributed by atoms with Gasteiger partial charge in [0.25, 0.3) is 0 Å². The number of nitrogens with one attached hydrogen (secondary N) is 1. The molecule has 0 fully saturated rings. The van der Waals surface area contributed by atoms with Crippen LogP contribution >= 0.6 is 0 Å². The minimum atomic E-state index is -0.104. The molecule has 0 saturated carbocycles. The van der Waals surface area contributed by atoms with E-state index in [0.717, 1.165) is 17.5 Å². The van der Waals surface area contributed by atoms with Crippen LogP contribution in [0.2, 0.25) is 0 Å². The third-order valence-electron chi connectivity index (χ3n) is 3.58. The van der Waals surface area contributed by atoms with Gasteiger partial charge in [0.2, 0.25) is 0 Å². The van der Waals surface area contributed by atoms with E-state index < -0.39 is 0 Å². The van der Waals surface area contributed by atoms with Gasteiger partial charge in [0, 0.05) is 51.0 Å². The number of pyridine rings is 2. The summed E-state index contributed by atoms with van der Waals surface area (Å²) in [7, 11) is 1.63. The highest BCUT2D eigenvalue weighted by Crippen LogP contribution is 2.05. The van der Waals surface area contributed by atoms with Gasteiger partial charge in [-0.25, -0.2) is 4.79 Å². The highest BCUT2D eigenvalue weighted by molar-refractivity contribution is 5.74. The molecular weight excluding hydrogens is 304 g/mol. The Morgan fingerprint density at radius 2 is 1.88 bits per heavy atom. The molecule has 0 spiro atoms. The molecule has 128 valence electrons. The summed E-state index contributed by atoms with van der Waals surface area (Å²) in [6.45, 7) is 3.51. The fourth-order valence-corrected chi connectivity index (χ4v) is 2.39. The molecule has 0 aromatic carbocycles. The Bertz CT molecular complexity index is 607. The van der Waals surface area contributed by atoms with Crippen LogP contribution in [0.25, 0.3) is 0 Å². The van der Waals surface area contributed by atoms with Crippen LogP contribution in [-0.4, -0.2) is 47.2 Å². The number of methoxy groups -OCH3 is 1. The molecule has 0 radical (unpaired) electrons. The van der Waals surface area contributed by atoms with E-state index in [1.807, 2.05) is 37.4 Å². The van der Waals surface area contributed by atoms with E-state index in [9.17, 15) is 4.79 Å². The Labute approximate surface area is 142 Å². The molecule has 0 aliphatic carbocycles. The highest BCUT2D eigenvalue weighted by Gasteiger charge is 2.16. The van der Waals surface area contributed by atoms with E-state index in [4.69, 9.17) is 4.74 Å². The second-order valence-electron chi connectivity index (χ2n) is 5.69. The molecule has 24 heavy (non-hydrogen) atoms. The van der Waals surface area contributed by atoms with Gasteiger partial charge < -0.3 is 15.0 Å². The predicted molar refractivity (Wildman–Crippen MR) is 92.5 cm³/mol. The second-order valence-corrected chi connectivity index (χ2v) is 5.69. The zero-order chi connectivity index (χ0) is 17.2. The first-order chi connectivity index (χ1) is 11.7. The average Bonchev–Trinajstić information content (AvgIpc) is 2.60. The third kappa shape index (κ3) is 5.96. The van der Waals surface area contributed by atoms with Crippen molar-refractivity contribution in [2.75, 3.05) is 20.3 Å². The standard InChI is InChI=1S/C18H24N4O2/c1-15(11-16-5-3-7-19-12-16)21-18(23)22(9-10-24-2)14-17-6-4-8-20-13-17/h3-8,12-13,15H,9-11,14H2,1-2H3,(H,21,23)/t15-/m1/s1. The summed E-state index contributed by atoms with van der Waals surface area (Å²) < 4.78 is 5.12. The summed E-state index contributed by atoms with van der Waals surface area (Å²) in [5.74, 6) is 0. The molecule has 2 amide bonds. The first kappa shape index (κ1) is 17.9. The van der Waals surface area contributed by atoms with Gasteiger partial charge in [0.05, 0.1) is 6.61 Å². The number of aromatic nitrogens is 2. The van der Waals surface area contributed by atoms with E-state index >= 15 is 0 Å². The molecule has 2 aromatic rings. The van der Waals surface area contributed by atoms with Crippen LogP contribution in [0.1, 0.15) is 18.1 Å².